The summed E-state index contributed by atoms with van der Waals surface area (Å²) in [6.07, 6.45) is 2.62. The molecule has 0 aromatic heterocycles. The molecule has 17 heavy (non-hydrogen) atoms. The summed E-state index contributed by atoms with van der Waals surface area (Å²) in [6, 6.07) is -1.39. The van der Waals surface area contributed by atoms with Crippen LogP contribution < -0.4 is 0 Å². The van der Waals surface area contributed by atoms with E-state index in [1.54, 1.807) is 6.92 Å². The third kappa shape index (κ3) is 3.80. The van der Waals surface area contributed by atoms with E-state index in [4.69, 9.17) is 4.74 Å². The van der Waals surface area contributed by atoms with Crippen molar-refractivity contribution in [1.29, 1.82) is 0 Å². The Kier molecular flexibility index (Phi) is 5.06. The summed E-state index contributed by atoms with van der Waals surface area (Å²) < 4.78 is 4.70. The van der Waals surface area contributed by atoms with Gasteiger partial charge in [-0.2, -0.15) is 0 Å². The fraction of sp³-hybridized carbons (Fsp3) is 0.818. The van der Waals surface area contributed by atoms with Gasteiger partial charge in [-0.1, -0.05) is 6.42 Å². The van der Waals surface area contributed by atoms with Crippen molar-refractivity contribution in [3.05, 3.63) is 10.1 Å². The fourth-order valence-electron chi connectivity index (χ4n) is 2.17. The Morgan fingerprint density at radius 3 is 2.88 bits per heavy atom. The number of carbonyl (C=O) groups excluding carboxylic acids is 2. The SMILES string of the molecule is CCOC(=O)C([C@@H]1CCCCC(=O)C1)[N+](=O)[O-]. The quantitative estimate of drug-likeness (QED) is 0.322. The van der Waals surface area contributed by atoms with Gasteiger partial charge >= 0.3 is 12.0 Å². The molecule has 2 atom stereocenters. The average molecular weight is 243 g/mol. The zero-order valence-electron chi connectivity index (χ0n) is 9.89. The molecule has 1 aliphatic rings. The second-order valence-electron chi connectivity index (χ2n) is 4.23. The number of Topliss-reactive ketones (excluding diaryl/α,β-unsaturated/α-hetero) is 1. The molecule has 1 unspecified atom stereocenters. The second kappa shape index (κ2) is 6.32. The van der Waals surface area contributed by atoms with Gasteiger partial charge in [0.15, 0.2) is 0 Å². The molecule has 0 spiro atoms. The first kappa shape index (κ1) is 13.6. The van der Waals surface area contributed by atoms with Crippen molar-refractivity contribution in [3.63, 3.8) is 0 Å². The Morgan fingerprint density at radius 2 is 2.29 bits per heavy atom. The molecular formula is C11H17NO5. The molecule has 0 heterocycles. The highest BCUT2D eigenvalue weighted by molar-refractivity contribution is 5.81. The molecule has 0 saturated heterocycles. The molecule has 0 aromatic carbocycles. The molecule has 0 aromatic rings. The lowest BCUT2D eigenvalue weighted by atomic mass is 9.92. The van der Waals surface area contributed by atoms with Crippen LogP contribution in [0, 0.1) is 16.0 Å². The second-order valence-corrected chi connectivity index (χ2v) is 4.23. The topological polar surface area (TPSA) is 86.5 Å². The first-order valence-corrected chi connectivity index (χ1v) is 5.88. The molecule has 6 heteroatoms. The van der Waals surface area contributed by atoms with Gasteiger partial charge in [0.05, 0.1) is 6.61 Å². The molecule has 1 saturated carbocycles. The van der Waals surface area contributed by atoms with E-state index in [9.17, 15) is 19.7 Å². The van der Waals surface area contributed by atoms with Gasteiger partial charge in [0.25, 0.3) is 0 Å². The zero-order valence-corrected chi connectivity index (χ0v) is 9.89. The van der Waals surface area contributed by atoms with Gasteiger partial charge in [-0.3, -0.25) is 14.9 Å². The molecule has 0 radical (unpaired) electrons. The Balaban J connectivity index is 2.78. The van der Waals surface area contributed by atoms with Gasteiger partial charge in [0, 0.05) is 23.7 Å². The first-order chi connectivity index (χ1) is 8.06. The minimum atomic E-state index is -1.39. The number of hydrogen-bond acceptors (Lipinski definition) is 5. The van der Waals surface area contributed by atoms with Crippen LogP contribution >= 0.6 is 0 Å². The lowest BCUT2D eigenvalue weighted by Gasteiger charge is -2.16. The minimum Gasteiger partial charge on any atom is -0.461 e. The third-order valence-corrected chi connectivity index (χ3v) is 2.97. The highest BCUT2D eigenvalue weighted by Crippen LogP contribution is 2.25. The van der Waals surface area contributed by atoms with Crippen LogP contribution in [0.5, 0.6) is 0 Å². The predicted molar refractivity (Wildman–Crippen MR) is 59.0 cm³/mol. The molecule has 0 amide bonds. The maximum atomic E-state index is 11.5. The number of nitrogens with zero attached hydrogens (tertiary/aromatic N) is 1. The molecule has 1 aliphatic carbocycles. The van der Waals surface area contributed by atoms with E-state index >= 15 is 0 Å². The van der Waals surface area contributed by atoms with Gasteiger partial charge < -0.3 is 4.74 Å². The molecule has 1 fully saturated rings. The molecular weight excluding hydrogens is 226 g/mol. The molecule has 0 N–H and O–H groups in total. The van der Waals surface area contributed by atoms with Gasteiger partial charge in [0.2, 0.25) is 0 Å². The fourth-order valence-corrected chi connectivity index (χ4v) is 2.17. The van der Waals surface area contributed by atoms with Gasteiger partial charge in [-0.15, -0.1) is 0 Å². The molecule has 1 rings (SSSR count). The molecule has 6 nitrogen and oxygen atoms in total. The summed E-state index contributed by atoms with van der Waals surface area (Å²) in [5.41, 5.74) is 0. The smallest absolute Gasteiger partial charge is 0.381 e. The molecule has 0 bridgehead atoms. The standard InChI is InChI=1S/C11H17NO5/c1-2-17-11(14)10(12(15)16)8-5-3-4-6-9(13)7-8/h8,10H,2-7H2,1H3/t8-,10?/m1/s1. The Bertz CT molecular complexity index is 315. The summed E-state index contributed by atoms with van der Waals surface area (Å²) >= 11 is 0. The first-order valence-electron chi connectivity index (χ1n) is 5.88. The molecule has 0 aliphatic heterocycles. The number of ketones is 1. The maximum absolute atomic E-state index is 11.5. The number of ether oxygens (including phenoxy) is 1. The van der Waals surface area contributed by atoms with E-state index in [2.05, 4.69) is 0 Å². The van der Waals surface area contributed by atoms with Crippen molar-refractivity contribution in [2.45, 2.75) is 45.1 Å². The van der Waals surface area contributed by atoms with Crippen molar-refractivity contribution in [3.8, 4) is 0 Å². The van der Waals surface area contributed by atoms with E-state index in [-0.39, 0.29) is 18.8 Å². The molecule has 96 valence electrons. The monoisotopic (exact) mass is 243 g/mol. The number of hydrogen-bond donors (Lipinski definition) is 0. The largest absolute Gasteiger partial charge is 0.461 e. The highest BCUT2D eigenvalue weighted by Gasteiger charge is 2.41. The summed E-state index contributed by atoms with van der Waals surface area (Å²) in [6.45, 7) is 1.72. The predicted octanol–water partition coefficient (Wildman–Crippen LogP) is 1.34. The van der Waals surface area contributed by atoms with Crippen LogP contribution in [0.1, 0.15) is 39.0 Å². The van der Waals surface area contributed by atoms with Crippen LogP contribution in [-0.2, 0) is 14.3 Å². The van der Waals surface area contributed by atoms with E-state index in [0.717, 1.165) is 12.8 Å². The van der Waals surface area contributed by atoms with Crippen LogP contribution in [0.2, 0.25) is 0 Å². The van der Waals surface area contributed by atoms with Crippen molar-refractivity contribution in [1.82, 2.24) is 0 Å². The Labute approximate surface area is 99.5 Å². The van der Waals surface area contributed by atoms with E-state index in [0.29, 0.717) is 12.8 Å². The van der Waals surface area contributed by atoms with Crippen molar-refractivity contribution in [2.24, 2.45) is 5.92 Å². The average Bonchev–Trinajstić information content (AvgIpc) is 2.43. The van der Waals surface area contributed by atoms with E-state index in [1.807, 2.05) is 0 Å². The number of carbonyl (C=O) groups is 2. The normalized spacial score (nSPS) is 22.6. The Hall–Kier alpha value is -1.46. The van der Waals surface area contributed by atoms with Crippen molar-refractivity contribution >= 4 is 11.8 Å². The van der Waals surface area contributed by atoms with Gasteiger partial charge in [-0.05, 0) is 19.8 Å². The van der Waals surface area contributed by atoms with Gasteiger partial charge in [0.1, 0.15) is 5.78 Å². The van der Waals surface area contributed by atoms with Crippen LogP contribution in [0.15, 0.2) is 0 Å². The summed E-state index contributed by atoms with van der Waals surface area (Å²) in [7, 11) is 0. The number of nitro groups is 1. The highest BCUT2D eigenvalue weighted by atomic mass is 16.6. The van der Waals surface area contributed by atoms with Crippen LogP contribution in [0.25, 0.3) is 0 Å². The van der Waals surface area contributed by atoms with E-state index in [1.165, 1.54) is 0 Å². The lowest BCUT2D eigenvalue weighted by molar-refractivity contribution is -0.519. The Morgan fingerprint density at radius 1 is 1.59 bits per heavy atom. The van der Waals surface area contributed by atoms with Crippen LogP contribution in [0.3, 0.4) is 0 Å². The zero-order chi connectivity index (χ0) is 12.8. The number of esters is 1. The summed E-state index contributed by atoms with van der Waals surface area (Å²) in [5, 5.41) is 10.9. The van der Waals surface area contributed by atoms with Crippen molar-refractivity contribution in [2.75, 3.05) is 6.61 Å². The maximum Gasteiger partial charge on any atom is 0.381 e. The minimum absolute atomic E-state index is 0.00338. The van der Waals surface area contributed by atoms with Crippen molar-refractivity contribution < 1.29 is 19.2 Å². The summed E-state index contributed by atoms with van der Waals surface area (Å²) in [5.74, 6) is -1.33. The van der Waals surface area contributed by atoms with Crippen LogP contribution in [0.4, 0.5) is 0 Å². The third-order valence-electron chi connectivity index (χ3n) is 2.97. The number of rotatable bonds is 4. The van der Waals surface area contributed by atoms with E-state index < -0.39 is 22.9 Å². The van der Waals surface area contributed by atoms with Crippen LogP contribution in [-0.4, -0.2) is 29.3 Å². The van der Waals surface area contributed by atoms with Gasteiger partial charge in [-0.25, -0.2) is 4.79 Å². The lowest BCUT2D eigenvalue weighted by Crippen LogP contribution is -2.39. The summed E-state index contributed by atoms with van der Waals surface area (Å²) in [4.78, 5) is 33.3.